The number of ether oxygens (including phenoxy) is 3. The summed E-state index contributed by atoms with van der Waals surface area (Å²) in [5, 5.41) is 2.02. The van der Waals surface area contributed by atoms with Gasteiger partial charge in [0.1, 0.15) is 17.5 Å². The molecule has 3 fully saturated rings. The van der Waals surface area contributed by atoms with Gasteiger partial charge < -0.3 is 25.3 Å². The van der Waals surface area contributed by atoms with Gasteiger partial charge in [-0.15, -0.1) is 0 Å². The second kappa shape index (κ2) is 11.2. The first-order chi connectivity index (χ1) is 18.0. The number of carbonyl (C=O) groups excluding carboxylic acids is 1. The Labute approximate surface area is 215 Å². The van der Waals surface area contributed by atoms with Crippen molar-refractivity contribution in [1.82, 2.24) is 5.32 Å². The van der Waals surface area contributed by atoms with Gasteiger partial charge in [-0.05, 0) is 44.2 Å². The van der Waals surface area contributed by atoms with Crippen LogP contribution in [0.3, 0.4) is 0 Å². The maximum atomic E-state index is 15.6. The van der Waals surface area contributed by atoms with Crippen molar-refractivity contribution in [3.63, 3.8) is 0 Å². The Morgan fingerprint density at radius 1 is 1.18 bits per heavy atom. The Kier molecular flexibility index (Phi) is 8.38. The first kappa shape index (κ1) is 28.4. The number of nitrogens with zero attached hydrogens (tertiary/aromatic N) is 1. The first-order valence-corrected chi connectivity index (χ1v) is 12.2. The quantitative estimate of drug-likeness (QED) is 0.262. The van der Waals surface area contributed by atoms with E-state index in [0.717, 1.165) is 6.07 Å². The number of amidine groups is 1. The van der Waals surface area contributed by atoms with Crippen LogP contribution >= 0.6 is 0 Å². The SMILES string of the molecule is CC(N)=N/C(=C(\Cc1cccc(C(F)(F)C2CCCO2)c1F)C1OCCO1)C(F)C(=O)NC1(C(F)F)CC1. The largest absolute Gasteiger partial charge is 0.387 e. The third-order valence-corrected chi connectivity index (χ3v) is 6.73. The molecular formula is C25H29F6N3O4. The Hall–Kier alpha value is -2.64. The van der Waals surface area contributed by atoms with E-state index < -0.39 is 65.9 Å². The number of hydrogen-bond acceptors (Lipinski definition) is 5. The molecule has 13 heteroatoms. The second-order valence-electron chi connectivity index (χ2n) is 9.63. The summed E-state index contributed by atoms with van der Waals surface area (Å²) < 4.78 is 104. The second-order valence-corrected chi connectivity index (χ2v) is 9.63. The minimum atomic E-state index is -3.63. The highest BCUT2D eigenvalue weighted by Crippen LogP contribution is 2.42. The van der Waals surface area contributed by atoms with E-state index in [1.165, 1.54) is 19.1 Å². The summed E-state index contributed by atoms with van der Waals surface area (Å²) in [6.07, 6.45) is -8.43. The van der Waals surface area contributed by atoms with Gasteiger partial charge in [-0.1, -0.05) is 12.1 Å². The molecule has 1 amide bonds. The molecule has 210 valence electrons. The van der Waals surface area contributed by atoms with Crippen LogP contribution in [0.25, 0.3) is 0 Å². The molecule has 1 aromatic rings. The van der Waals surface area contributed by atoms with E-state index >= 15 is 17.6 Å². The Bertz CT molecular complexity index is 1090. The molecule has 1 aromatic carbocycles. The minimum Gasteiger partial charge on any atom is -0.387 e. The molecule has 1 aliphatic carbocycles. The third-order valence-electron chi connectivity index (χ3n) is 6.73. The number of carbonyl (C=O) groups is 1. The van der Waals surface area contributed by atoms with Crippen molar-refractivity contribution in [2.24, 2.45) is 10.7 Å². The van der Waals surface area contributed by atoms with Crippen molar-refractivity contribution >= 4 is 11.7 Å². The van der Waals surface area contributed by atoms with Crippen LogP contribution in [-0.2, 0) is 31.3 Å². The van der Waals surface area contributed by atoms with Gasteiger partial charge in [-0.3, -0.25) is 4.79 Å². The Balaban J connectivity index is 1.73. The molecule has 2 atom stereocenters. The third kappa shape index (κ3) is 5.84. The number of nitrogens with one attached hydrogen (secondary N) is 1. The smallest absolute Gasteiger partial charge is 0.301 e. The van der Waals surface area contributed by atoms with Crippen molar-refractivity contribution < 1.29 is 45.3 Å². The maximum absolute atomic E-state index is 15.6. The molecule has 2 heterocycles. The molecule has 3 aliphatic rings. The molecule has 0 aromatic heterocycles. The van der Waals surface area contributed by atoms with E-state index in [0.29, 0.717) is 6.42 Å². The summed E-state index contributed by atoms with van der Waals surface area (Å²) >= 11 is 0. The lowest BCUT2D eigenvalue weighted by Crippen LogP contribution is -2.46. The van der Waals surface area contributed by atoms with Crippen LogP contribution in [0, 0.1) is 5.82 Å². The van der Waals surface area contributed by atoms with Gasteiger partial charge in [0, 0.05) is 18.6 Å². The van der Waals surface area contributed by atoms with Gasteiger partial charge in [-0.2, -0.15) is 8.78 Å². The van der Waals surface area contributed by atoms with E-state index in [9.17, 15) is 13.6 Å². The number of nitrogens with two attached hydrogens (primary N) is 1. The molecule has 0 bridgehead atoms. The van der Waals surface area contributed by atoms with E-state index in [1.54, 1.807) is 0 Å². The molecule has 2 saturated heterocycles. The highest BCUT2D eigenvalue weighted by molar-refractivity contribution is 5.87. The number of halogens is 6. The topological polar surface area (TPSA) is 95.2 Å². The van der Waals surface area contributed by atoms with E-state index in [-0.39, 0.29) is 56.1 Å². The van der Waals surface area contributed by atoms with E-state index in [4.69, 9.17) is 19.9 Å². The molecule has 0 radical (unpaired) electrons. The van der Waals surface area contributed by atoms with Crippen LogP contribution in [0.15, 0.2) is 34.5 Å². The highest BCUT2D eigenvalue weighted by atomic mass is 19.3. The fourth-order valence-corrected chi connectivity index (χ4v) is 4.52. The van der Waals surface area contributed by atoms with Gasteiger partial charge in [-0.25, -0.2) is 22.6 Å². The molecule has 7 nitrogen and oxygen atoms in total. The van der Waals surface area contributed by atoms with Crippen LogP contribution in [0.1, 0.15) is 43.7 Å². The normalized spacial score (nSPS) is 23.5. The summed E-state index contributed by atoms with van der Waals surface area (Å²) in [6.45, 7) is 1.58. The number of benzene rings is 1. The monoisotopic (exact) mass is 549 g/mol. The molecule has 2 unspecified atom stereocenters. The van der Waals surface area contributed by atoms with Gasteiger partial charge in [0.25, 0.3) is 12.3 Å². The molecule has 2 aliphatic heterocycles. The van der Waals surface area contributed by atoms with Gasteiger partial charge in [0.2, 0.25) is 6.17 Å². The van der Waals surface area contributed by atoms with Gasteiger partial charge in [0.15, 0.2) is 6.29 Å². The molecule has 0 spiro atoms. The molecule has 3 N–H and O–H groups in total. The predicted octanol–water partition coefficient (Wildman–Crippen LogP) is 3.90. The lowest BCUT2D eigenvalue weighted by Gasteiger charge is -2.25. The average molecular weight is 550 g/mol. The number of hydrogen-bond donors (Lipinski definition) is 2. The van der Waals surface area contributed by atoms with Crippen LogP contribution in [-0.4, -0.2) is 62.1 Å². The summed E-state index contributed by atoms with van der Waals surface area (Å²) in [6, 6.07) is 3.39. The zero-order valence-electron chi connectivity index (χ0n) is 20.6. The average Bonchev–Trinajstić information content (AvgIpc) is 3.26. The predicted molar refractivity (Wildman–Crippen MR) is 124 cm³/mol. The van der Waals surface area contributed by atoms with Crippen LogP contribution < -0.4 is 11.1 Å². The lowest BCUT2D eigenvalue weighted by atomic mass is 9.94. The summed E-state index contributed by atoms with van der Waals surface area (Å²) in [5.74, 6) is -6.46. The highest BCUT2D eigenvalue weighted by Gasteiger charge is 2.53. The number of rotatable bonds is 10. The zero-order chi connectivity index (χ0) is 27.7. The van der Waals surface area contributed by atoms with Crippen molar-refractivity contribution in [2.45, 2.75) is 75.5 Å². The van der Waals surface area contributed by atoms with Crippen LogP contribution in [0.4, 0.5) is 26.3 Å². The fraction of sp³-hybridized carbons (Fsp3) is 0.600. The number of amides is 1. The standard InChI is InChI=1S/C25H29F6N3O4/c1-13(32)33-20(19(27)21(35)34-24(7-8-24)23(28)29)15(22-37-10-11-38-22)12-14-4-2-5-16(18(14)26)25(30,31)17-6-3-9-36-17/h2,4-5,17,19,22-23H,3,6-12H2,1H3,(H2,32,33)(H,34,35)/b20-15+. The lowest BCUT2D eigenvalue weighted by molar-refractivity contribution is -0.127. The number of alkyl halides is 5. The summed E-state index contributed by atoms with van der Waals surface area (Å²) in [7, 11) is 0. The zero-order valence-corrected chi connectivity index (χ0v) is 20.6. The summed E-state index contributed by atoms with van der Waals surface area (Å²) in [5.41, 5.74) is 1.85. The molecular weight excluding hydrogens is 520 g/mol. The van der Waals surface area contributed by atoms with E-state index in [1.807, 2.05) is 5.32 Å². The van der Waals surface area contributed by atoms with Crippen LogP contribution in [0.2, 0.25) is 0 Å². The number of aliphatic imine (C=N–C) groups is 1. The molecule has 38 heavy (non-hydrogen) atoms. The van der Waals surface area contributed by atoms with Crippen molar-refractivity contribution in [3.8, 4) is 0 Å². The Morgan fingerprint density at radius 2 is 1.87 bits per heavy atom. The van der Waals surface area contributed by atoms with Crippen LogP contribution in [0.5, 0.6) is 0 Å². The van der Waals surface area contributed by atoms with Gasteiger partial charge in [0.05, 0.1) is 30.3 Å². The minimum absolute atomic E-state index is 0.0278. The van der Waals surface area contributed by atoms with Crippen molar-refractivity contribution in [3.05, 3.63) is 46.4 Å². The Morgan fingerprint density at radius 3 is 2.42 bits per heavy atom. The maximum Gasteiger partial charge on any atom is 0.301 e. The van der Waals surface area contributed by atoms with Gasteiger partial charge >= 0.3 is 5.92 Å². The molecule has 1 saturated carbocycles. The van der Waals surface area contributed by atoms with Crippen molar-refractivity contribution in [1.29, 1.82) is 0 Å². The van der Waals surface area contributed by atoms with Crippen molar-refractivity contribution in [2.75, 3.05) is 19.8 Å². The molecule has 4 rings (SSSR count). The first-order valence-electron chi connectivity index (χ1n) is 12.2. The van der Waals surface area contributed by atoms with E-state index in [2.05, 4.69) is 4.99 Å². The fourth-order valence-electron chi connectivity index (χ4n) is 4.52. The summed E-state index contributed by atoms with van der Waals surface area (Å²) in [4.78, 5) is 16.6.